The molecule has 15 heavy (non-hydrogen) atoms. The summed E-state index contributed by atoms with van der Waals surface area (Å²) in [5.74, 6) is 0. The van der Waals surface area contributed by atoms with Crippen LogP contribution in [0, 0.1) is 5.41 Å². The monoisotopic (exact) mass is 214 g/mol. The fourth-order valence-electron chi connectivity index (χ4n) is 1.65. The third-order valence-corrected chi connectivity index (χ3v) is 3.03. The van der Waals surface area contributed by atoms with Gasteiger partial charge in [0, 0.05) is 17.5 Å². The quantitative estimate of drug-likeness (QED) is 0.697. The molecule has 0 bridgehead atoms. The van der Waals surface area contributed by atoms with Crippen molar-refractivity contribution in [3.05, 3.63) is 0 Å². The molecule has 0 aromatic heterocycles. The van der Waals surface area contributed by atoms with E-state index in [9.17, 15) is 4.79 Å². The Labute approximate surface area is 91.5 Å². The fourth-order valence-corrected chi connectivity index (χ4v) is 1.65. The fraction of sp³-hybridized carbons (Fsp3) is 0.909. The molecule has 2 atom stereocenters. The minimum Gasteiger partial charge on any atom is -0.444 e. The molecule has 3 N–H and O–H groups in total. The van der Waals surface area contributed by atoms with Gasteiger partial charge < -0.3 is 15.8 Å². The van der Waals surface area contributed by atoms with E-state index in [1.807, 2.05) is 20.8 Å². The molecular weight excluding hydrogens is 192 g/mol. The maximum atomic E-state index is 11.5. The van der Waals surface area contributed by atoms with E-state index in [0.29, 0.717) is 0 Å². The number of amides is 1. The highest BCUT2D eigenvalue weighted by Crippen LogP contribution is 2.39. The predicted octanol–water partition coefficient (Wildman–Crippen LogP) is 1.64. The number of hydrogen-bond donors (Lipinski definition) is 2. The largest absolute Gasteiger partial charge is 0.444 e. The van der Waals surface area contributed by atoms with E-state index in [0.717, 1.165) is 6.42 Å². The molecule has 4 nitrogen and oxygen atoms in total. The standard InChI is InChI=1S/C11H22N2O2/c1-10(2,3)15-9(14)13-8-6-7(12)11(8,4)5/h7-8H,6,12H2,1-5H3,(H,13,14)/t7-,8-/m0/s1. The summed E-state index contributed by atoms with van der Waals surface area (Å²) in [4.78, 5) is 11.5. The highest BCUT2D eigenvalue weighted by molar-refractivity contribution is 5.68. The molecule has 0 radical (unpaired) electrons. The second kappa shape index (κ2) is 3.67. The summed E-state index contributed by atoms with van der Waals surface area (Å²) in [6.07, 6.45) is 0.471. The van der Waals surface area contributed by atoms with E-state index in [4.69, 9.17) is 10.5 Å². The van der Waals surface area contributed by atoms with E-state index in [-0.39, 0.29) is 23.6 Å². The van der Waals surface area contributed by atoms with Gasteiger partial charge in [-0.1, -0.05) is 13.8 Å². The van der Waals surface area contributed by atoms with E-state index in [2.05, 4.69) is 19.2 Å². The lowest BCUT2D eigenvalue weighted by Crippen LogP contribution is -2.64. The van der Waals surface area contributed by atoms with Crippen LogP contribution in [0.25, 0.3) is 0 Å². The zero-order valence-corrected chi connectivity index (χ0v) is 10.3. The number of alkyl carbamates (subject to hydrolysis) is 1. The molecule has 0 aromatic rings. The first-order valence-corrected chi connectivity index (χ1v) is 5.38. The van der Waals surface area contributed by atoms with Gasteiger partial charge in [-0.15, -0.1) is 0 Å². The minimum atomic E-state index is -0.444. The summed E-state index contributed by atoms with van der Waals surface area (Å²) in [5, 5.41) is 2.85. The van der Waals surface area contributed by atoms with Crippen molar-refractivity contribution in [2.45, 2.75) is 58.7 Å². The molecule has 0 aliphatic heterocycles. The van der Waals surface area contributed by atoms with Gasteiger partial charge in [-0.2, -0.15) is 0 Å². The van der Waals surface area contributed by atoms with Crippen LogP contribution in [-0.4, -0.2) is 23.8 Å². The van der Waals surface area contributed by atoms with E-state index in [1.54, 1.807) is 0 Å². The van der Waals surface area contributed by atoms with Crippen molar-refractivity contribution in [3.8, 4) is 0 Å². The van der Waals surface area contributed by atoms with Crippen LogP contribution in [0.3, 0.4) is 0 Å². The maximum Gasteiger partial charge on any atom is 0.407 e. The van der Waals surface area contributed by atoms with Crippen molar-refractivity contribution in [1.82, 2.24) is 5.32 Å². The van der Waals surface area contributed by atoms with Gasteiger partial charge >= 0.3 is 6.09 Å². The van der Waals surface area contributed by atoms with Gasteiger partial charge in [-0.25, -0.2) is 4.79 Å². The predicted molar refractivity (Wildman–Crippen MR) is 59.5 cm³/mol. The van der Waals surface area contributed by atoms with Crippen LogP contribution in [-0.2, 0) is 4.74 Å². The molecule has 4 heteroatoms. The van der Waals surface area contributed by atoms with Crippen LogP contribution in [0.2, 0.25) is 0 Å². The Balaban J connectivity index is 2.41. The first kappa shape index (κ1) is 12.3. The molecule has 1 rings (SSSR count). The van der Waals surface area contributed by atoms with Crippen molar-refractivity contribution >= 4 is 6.09 Å². The zero-order chi connectivity index (χ0) is 11.9. The molecule has 0 spiro atoms. The highest BCUT2D eigenvalue weighted by Gasteiger charge is 2.47. The molecule has 1 amide bonds. The number of hydrogen-bond acceptors (Lipinski definition) is 3. The second-order valence-electron chi connectivity index (χ2n) is 5.86. The number of rotatable bonds is 1. The highest BCUT2D eigenvalue weighted by atomic mass is 16.6. The summed E-state index contributed by atoms with van der Waals surface area (Å²) in [6, 6.07) is 0.291. The van der Waals surface area contributed by atoms with Crippen LogP contribution in [0.15, 0.2) is 0 Å². The average Bonchev–Trinajstić information content (AvgIpc) is 2.00. The summed E-state index contributed by atoms with van der Waals surface area (Å²) in [7, 11) is 0. The van der Waals surface area contributed by atoms with Gasteiger partial charge in [0.2, 0.25) is 0 Å². The average molecular weight is 214 g/mol. The molecule has 0 saturated heterocycles. The van der Waals surface area contributed by atoms with Crippen LogP contribution < -0.4 is 11.1 Å². The van der Waals surface area contributed by atoms with Crippen LogP contribution in [0.5, 0.6) is 0 Å². The lowest BCUT2D eigenvalue weighted by Gasteiger charge is -2.50. The first-order chi connectivity index (χ1) is 6.63. The van der Waals surface area contributed by atoms with Crippen LogP contribution in [0.1, 0.15) is 41.0 Å². The smallest absolute Gasteiger partial charge is 0.407 e. The Morgan fingerprint density at radius 2 is 2.00 bits per heavy atom. The number of carbonyl (C=O) groups excluding carboxylic acids is 1. The summed E-state index contributed by atoms with van der Waals surface area (Å²) in [5.41, 5.74) is 5.38. The van der Waals surface area contributed by atoms with E-state index in [1.165, 1.54) is 0 Å². The summed E-state index contributed by atoms with van der Waals surface area (Å²) in [6.45, 7) is 9.67. The molecular formula is C11H22N2O2. The summed E-state index contributed by atoms with van der Waals surface area (Å²) >= 11 is 0. The SMILES string of the molecule is CC(C)(C)OC(=O)N[C@H]1C[C@H](N)C1(C)C. The number of carbonyl (C=O) groups is 1. The Kier molecular flexibility index (Phi) is 3.01. The Bertz CT molecular complexity index is 256. The van der Waals surface area contributed by atoms with Crippen molar-refractivity contribution in [3.63, 3.8) is 0 Å². The Morgan fingerprint density at radius 1 is 1.47 bits per heavy atom. The van der Waals surface area contributed by atoms with E-state index >= 15 is 0 Å². The van der Waals surface area contributed by atoms with Crippen molar-refractivity contribution in [2.75, 3.05) is 0 Å². The molecule has 88 valence electrons. The van der Waals surface area contributed by atoms with Crippen molar-refractivity contribution in [1.29, 1.82) is 0 Å². The van der Waals surface area contributed by atoms with Crippen molar-refractivity contribution < 1.29 is 9.53 Å². The van der Waals surface area contributed by atoms with Crippen LogP contribution in [0.4, 0.5) is 4.79 Å². The Morgan fingerprint density at radius 3 is 2.33 bits per heavy atom. The molecule has 0 aromatic carbocycles. The van der Waals surface area contributed by atoms with Gasteiger partial charge in [-0.3, -0.25) is 0 Å². The molecule has 1 aliphatic rings. The topological polar surface area (TPSA) is 64.3 Å². The normalized spacial score (nSPS) is 29.2. The minimum absolute atomic E-state index is 0.0308. The molecule has 0 unspecified atom stereocenters. The lowest BCUT2D eigenvalue weighted by molar-refractivity contribution is 0.0256. The summed E-state index contributed by atoms with van der Waals surface area (Å²) < 4.78 is 5.18. The van der Waals surface area contributed by atoms with Crippen molar-refractivity contribution in [2.24, 2.45) is 11.1 Å². The van der Waals surface area contributed by atoms with E-state index < -0.39 is 5.60 Å². The third kappa shape index (κ3) is 2.84. The van der Waals surface area contributed by atoms with Gasteiger partial charge in [-0.05, 0) is 27.2 Å². The molecule has 1 fully saturated rings. The van der Waals surface area contributed by atoms with Gasteiger partial charge in [0.05, 0.1) is 0 Å². The second-order valence-corrected chi connectivity index (χ2v) is 5.86. The van der Waals surface area contributed by atoms with Gasteiger partial charge in [0.25, 0.3) is 0 Å². The first-order valence-electron chi connectivity index (χ1n) is 5.38. The van der Waals surface area contributed by atoms with Gasteiger partial charge in [0.15, 0.2) is 0 Å². The number of ether oxygens (including phenoxy) is 1. The third-order valence-electron chi connectivity index (χ3n) is 3.03. The maximum absolute atomic E-state index is 11.5. The van der Waals surface area contributed by atoms with Crippen LogP contribution >= 0.6 is 0 Å². The molecule has 1 aliphatic carbocycles. The number of nitrogens with two attached hydrogens (primary N) is 1. The van der Waals surface area contributed by atoms with Gasteiger partial charge in [0.1, 0.15) is 5.60 Å². The molecule has 1 saturated carbocycles. The number of nitrogens with one attached hydrogen (secondary N) is 1. The Hall–Kier alpha value is -0.770. The zero-order valence-electron chi connectivity index (χ0n) is 10.3. The lowest BCUT2D eigenvalue weighted by atomic mass is 9.63. The molecule has 0 heterocycles.